The fourth-order valence-corrected chi connectivity index (χ4v) is 2.72. The van der Waals surface area contributed by atoms with Crippen molar-refractivity contribution in [2.24, 2.45) is 0 Å². The second kappa shape index (κ2) is 6.83. The minimum absolute atomic E-state index is 0.0580. The summed E-state index contributed by atoms with van der Waals surface area (Å²) in [5, 5.41) is 3.40. The van der Waals surface area contributed by atoms with Crippen molar-refractivity contribution in [3.8, 4) is 5.75 Å². The lowest BCUT2D eigenvalue weighted by Crippen LogP contribution is -2.33. The molecule has 6 nitrogen and oxygen atoms in total. The number of halogens is 1. The highest BCUT2D eigenvalue weighted by molar-refractivity contribution is 6.29. The summed E-state index contributed by atoms with van der Waals surface area (Å²) in [6.07, 6.45) is 3.74. The van der Waals surface area contributed by atoms with Gasteiger partial charge in [0.2, 0.25) is 5.91 Å². The Morgan fingerprint density at radius 2 is 2.13 bits per heavy atom. The lowest BCUT2D eigenvalue weighted by Gasteiger charge is -2.17. The molecule has 1 fully saturated rings. The number of hydrogen-bond donors (Lipinski definition) is 1. The Hall–Kier alpha value is -2.34. The van der Waals surface area contributed by atoms with Gasteiger partial charge in [-0.25, -0.2) is 4.98 Å². The Bertz CT molecular complexity index is 693. The zero-order valence-electron chi connectivity index (χ0n) is 12.7. The van der Waals surface area contributed by atoms with Gasteiger partial charge in [0.25, 0.3) is 0 Å². The predicted molar refractivity (Wildman–Crippen MR) is 87.5 cm³/mol. The van der Waals surface area contributed by atoms with Crippen LogP contribution in [0.3, 0.4) is 0 Å². The molecule has 0 radical (unpaired) electrons. The van der Waals surface area contributed by atoms with Crippen LogP contribution in [0.4, 0.5) is 5.82 Å². The van der Waals surface area contributed by atoms with Gasteiger partial charge in [-0.05, 0) is 24.1 Å². The molecule has 1 aliphatic rings. The van der Waals surface area contributed by atoms with Gasteiger partial charge in [0.05, 0.1) is 19.5 Å². The Balaban J connectivity index is 1.61. The number of amides is 1. The van der Waals surface area contributed by atoms with Gasteiger partial charge >= 0.3 is 0 Å². The number of aromatic nitrogens is 2. The summed E-state index contributed by atoms with van der Waals surface area (Å²) < 4.78 is 5.14. The number of benzene rings is 1. The van der Waals surface area contributed by atoms with E-state index in [0.29, 0.717) is 24.1 Å². The van der Waals surface area contributed by atoms with E-state index < -0.39 is 0 Å². The molecule has 1 unspecified atom stereocenters. The molecule has 1 aromatic heterocycles. The van der Waals surface area contributed by atoms with Crippen LogP contribution in [0.1, 0.15) is 12.0 Å². The van der Waals surface area contributed by atoms with E-state index in [4.69, 9.17) is 16.3 Å². The first-order valence-electron chi connectivity index (χ1n) is 7.31. The Morgan fingerprint density at radius 1 is 1.35 bits per heavy atom. The molecule has 7 heteroatoms. The van der Waals surface area contributed by atoms with Crippen molar-refractivity contribution in [3.05, 3.63) is 47.4 Å². The maximum Gasteiger partial charge on any atom is 0.245 e. The number of ether oxygens (including phenoxy) is 1. The van der Waals surface area contributed by atoms with E-state index in [1.165, 1.54) is 6.20 Å². The molecule has 0 saturated carbocycles. The summed E-state index contributed by atoms with van der Waals surface area (Å²) >= 11 is 5.81. The van der Waals surface area contributed by atoms with E-state index in [9.17, 15) is 4.79 Å². The van der Waals surface area contributed by atoms with Crippen molar-refractivity contribution < 1.29 is 9.53 Å². The van der Waals surface area contributed by atoms with Gasteiger partial charge in [0, 0.05) is 13.1 Å². The molecule has 0 spiro atoms. The summed E-state index contributed by atoms with van der Waals surface area (Å²) in [6, 6.07) is 7.44. The van der Waals surface area contributed by atoms with Gasteiger partial charge in [-0.15, -0.1) is 0 Å². The number of hydrogen-bond acceptors (Lipinski definition) is 5. The minimum Gasteiger partial charge on any atom is -0.497 e. The summed E-state index contributed by atoms with van der Waals surface area (Å²) in [5.41, 5.74) is 1.07. The average Bonchev–Trinajstić information content (AvgIpc) is 2.89. The molecule has 1 saturated heterocycles. The second-order valence-corrected chi connectivity index (χ2v) is 5.71. The van der Waals surface area contributed by atoms with Crippen LogP contribution >= 0.6 is 11.6 Å². The van der Waals surface area contributed by atoms with Crippen LogP contribution in [-0.4, -0.2) is 40.5 Å². The third-order valence-electron chi connectivity index (χ3n) is 3.76. The van der Waals surface area contributed by atoms with Gasteiger partial charge in [-0.1, -0.05) is 23.7 Å². The van der Waals surface area contributed by atoms with E-state index in [0.717, 1.165) is 17.7 Å². The SMILES string of the molecule is COc1ccc(CN2CCC(Nc3cncc(Cl)n3)C2=O)cc1. The van der Waals surface area contributed by atoms with Crippen LogP contribution in [0, 0.1) is 0 Å². The van der Waals surface area contributed by atoms with Crippen LogP contribution in [0.15, 0.2) is 36.7 Å². The molecule has 1 aliphatic heterocycles. The van der Waals surface area contributed by atoms with E-state index in [1.807, 2.05) is 29.2 Å². The largest absolute Gasteiger partial charge is 0.497 e. The lowest BCUT2D eigenvalue weighted by molar-refractivity contribution is -0.128. The van der Waals surface area contributed by atoms with Gasteiger partial charge in [0.1, 0.15) is 22.8 Å². The highest BCUT2D eigenvalue weighted by atomic mass is 35.5. The van der Waals surface area contributed by atoms with Crippen LogP contribution in [0.2, 0.25) is 5.15 Å². The number of methoxy groups -OCH3 is 1. The molecule has 1 N–H and O–H groups in total. The Morgan fingerprint density at radius 3 is 2.83 bits per heavy atom. The van der Waals surface area contributed by atoms with Crippen molar-refractivity contribution in [1.29, 1.82) is 0 Å². The first-order chi connectivity index (χ1) is 11.2. The van der Waals surface area contributed by atoms with Crippen molar-refractivity contribution in [2.45, 2.75) is 19.0 Å². The molecule has 2 aromatic rings. The topological polar surface area (TPSA) is 67.3 Å². The van der Waals surface area contributed by atoms with E-state index >= 15 is 0 Å². The molecule has 23 heavy (non-hydrogen) atoms. The summed E-state index contributed by atoms with van der Waals surface area (Å²) in [7, 11) is 1.63. The minimum atomic E-state index is -0.291. The first kappa shape index (κ1) is 15.6. The fourth-order valence-electron chi connectivity index (χ4n) is 2.57. The van der Waals surface area contributed by atoms with Gasteiger partial charge < -0.3 is 15.0 Å². The lowest BCUT2D eigenvalue weighted by atomic mass is 10.2. The monoisotopic (exact) mass is 332 g/mol. The zero-order chi connectivity index (χ0) is 16.2. The van der Waals surface area contributed by atoms with Gasteiger partial charge in [0.15, 0.2) is 0 Å². The molecular formula is C16H17ClN4O2. The van der Waals surface area contributed by atoms with Crippen LogP contribution in [0.5, 0.6) is 5.75 Å². The van der Waals surface area contributed by atoms with Crippen molar-refractivity contribution in [3.63, 3.8) is 0 Å². The molecule has 2 heterocycles. The highest BCUT2D eigenvalue weighted by Gasteiger charge is 2.31. The summed E-state index contributed by atoms with van der Waals surface area (Å²) in [5.74, 6) is 1.38. The van der Waals surface area contributed by atoms with Crippen LogP contribution in [0.25, 0.3) is 0 Å². The first-order valence-corrected chi connectivity index (χ1v) is 7.69. The van der Waals surface area contributed by atoms with E-state index in [-0.39, 0.29) is 11.9 Å². The molecule has 1 amide bonds. The van der Waals surface area contributed by atoms with Gasteiger partial charge in [-0.2, -0.15) is 0 Å². The van der Waals surface area contributed by atoms with Gasteiger partial charge in [-0.3, -0.25) is 9.78 Å². The molecule has 0 aliphatic carbocycles. The normalized spacial score (nSPS) is 17.4. The number of carbonyl (C=O) groups excluding carboxylic acids is 1. The highest BCUT2D eigenvalue weighted by Crippen LogP contribution is 2.20. The molecule has 1 atom stereocenters. The number of anilines is 1. The summed E-state index contributed by atoms with van der Waals surface area (Å²) in [4.78, 5) is 22.4. The number of likely N-dealkylation sites (tertiary alicyclic amines) is 1. The Labute approximate surface area is 139 Å². The Kier molecular flexibility index (Phi) is 4.62. The van der Waals surface area contributed by atoms with Crippen LogP contribution < -0.4 is 10.1 Å². The standard InChI is InChI=1S/C16H17ClN4O2/c1-23-12-4-2-11(3-5-12)10-21-7-6-13(16(21)22)19-15-9-18-8-14(17)20-15/h2-5,8-9,13H,6-7,10H2,1H3,(H,19,20). The average molecular weight is 333 g/mol. The molecule has 120 valence electrons. The second-order valence-electron chi connectivity index (χ2n) is 5.32. The molecule has 0 bridgehead atoms. The maximum absolute atomic E-state index is 12.5. The van der Waals surface area contributed by atoms with E-state index in [1.54, 1.807) is 13.3 Å². The van der Waals surface area contributed by atoms with Crippen LogP contribution in [-0.2, 0) is 11.3 Å². The quantitative estimate of drug-likeness (QED) is 0.910. The molecule has 3 rings (SSSR count). The number of rotatable bonds is 5. The van der Waals surface area contributed by atoms with Crippen molar-refractivity contribution >= 4 is 23.3 Å². The smallest absolute Gasteiger partial charge is 0.245 e. The fraction of sp³-hybridized carbons (Fsp3) is 0.312. The third-order valence-corrected chi connectivity index (χ3v) is 3.94. The third kappa shape index (κ3) is 3.71. The predicted octanol–water partition coefficient (Wildman–Crippen LogP) is 2.35. The summed E-state index contributed by atoms with van der Waals surface area (Å²) in [6.45, 7) is 1.29. The zero-order valence-corrected chi connectivity index (χ0v) is 13.5. The van der Waals surface area contributed by atoms with Crippen molar-refractivity contribution in [1.82, 2.24) is 14.9 Å². The van der Waals surface area contributed by atoms with Crippen molar-refractivity contribution in [2.75, 3.05) is 19.0 Å². The maximum atomic E-state index is 12.5. The molecule has 1 aromatic carbocycles. The number of nitrogens with one attached hydrogen (secondary N) is 1. The molecular weight excluding hydrogens is 316 g/mol. The number of nitrogens with zero attached hydrogens (tertiary/aromatic N) is 3. The number of carbonyl (C=O) groups is 1. The van der Waals surface area contributed by atoms with E-state index in [2.05, 4.69) is 15.3 Å².